The van der Waals surface area contributed by atoms with Gasteiger partial charge in [0.15, 0.2) is 0 Å². The predicted octanol–water partition coefficient (Wildman–Crippen LogP) is -6.54. The van der Waals surface area contributed by atoms with Crippen LogP contribution in [0.2, 0.25) is 0 Å². The number of H-pyrrole nitrogens is 2. The van der Waals surface area contributed by atoms with E-state index in [1.54, 1.807) is 6.07 Å². The summed E-state index contributed by atoms with van der Waals surface area (Å²) in [6, 6.07) is 14.2. The van der Waals surface area contributed by atoms with E-state index in [0.717, 1.165) is 0 Å². The molecule has 2 heterocycles. The van der Waals surface area contributed by atoms with Crippen LogP contribution in [0.4, 0.5) is 0 Å². The topological polar surface area (TPSA) is 476 Å². The maximum atomic E-state index is 12.4. The Morgan fingerprint density at radius 1 is 0.438 bits per heavy atom. The molecule has 336 valence electrons. The Kier molecular flexibility index (Phi) is 16.2. The molecule has 2 aromatic heterocycles. The second-order valence-electron chi connectivity index (χ2n) is 11.4. The molecule has 6 N–H and O–H groups in total. The molecule has 0 saturated heterocycles. The number of hydrogen-bond donors (Lipinski definition) is 6. The molecular formula is C26H18N4Na2O24S8. The van der Waals surface area contributed by atoms with E-state index < -0.39 is 143 Å². The molecule has 28 nitrogen and oxygen atoms in total. The molecule has 0 aliphatic carbocycles. The van der Waals surface area contributed by atoms with Crippen molar-refractivity contribution in [1.29, 1.82) is 0 Å². The fraction of sp³-hybridized carbons (Fsp3) is 0. The van der Waals surface area contributed by atoms with E-state index in [4.69, 9.17) is 8.37 Å². The van der Waals surface area contributed by atoms with Crippen LogP contribution in [-0.4, -0.2) is 115 Å². The first-order valence-corrected chi connectivity index (χ1v) is 26.4. The van der Waals surface area contributed by atoms with Crippen molar-refractivity contribution in [2.24, 2.45) is 0 Å². The molecule has 6 rings (SSSR count). The first-order chi connectivity index (χ1) is 28.0. The van der Waals surface area contributed by atoms with Gasteiger partial charge in [0.1, 0.15) is 51.3 Å². The van der Waals surface area contributed by atoms with Crippen molar-refractivity contribution in [2.75, 3.05) is 0 Å². The number of para-hydroxylation sites is 2. The molecule has 38 heteroatoms. The zero-order chi connectivity index (χ0) is 46.8. The average Bonchev–Trinajstić information content (AvgIpc) is 3.74. The molecule has 0 bridgehead atoms. The first kappa shape index (κ1) is 55.1. The summed E-state index contributed by atoms with van der Waals surface area (Å²) in [7, 11) is -44.0. The molecule has 0 aliphatic rings. The summed E-state index contributed by atoms with van der Waals surface area (Å²) >= 11 is 0. The van der Waals surface area contributed by atoms with E-state index in [9.17, 15) is 94.7 Å². The van der Waals surface area contributed by atoms with Gasteiger partial charge in [-0.1, -0.05) is 36.4 Å². The number of fused-ring (bicyclic) bond motifs is 2. The predicted molar refractivity (Wildman–Crippen MR) is 196 cm³/mol. The van der Waals surface area contributed by atoms with Crippen LogP contribution in [0.5, 0.6) is 11.5 Å². The summed E-state index contributed by atoms with van der Waals surface area (Å²) in [5, 5.41) is -2.26. The number of aromatic nitrogens is 4. The molecule has 0 aliphatic heterocycles. The van der Waals surface area contributed by atoms with E-state index >= 15 is 0 Å². The van der Waals surface area contributed by atoms with Gasteiger partial charge in [-0.3, -0.25) is 18.2 Å². The van der Waals surface area contributed by atoms with Crippen LogP contribution < -0.4 is 67.5 Å². The smallest absolute Gasteiger partial charge is 0.744 e. The van der Waals surface area contributed by atoms with E-state index in [2.05, 4.69) is 9.97 Å². The maximum Gasteiger partial charge on any atom is 1.00 e. The second-order valence-corrected chi connectivity index (χ2v) is 22.5. The van der Waals surface area contributed by atoms with Crippen LogP contribution in [-0.2, 0) is 80.9 Å². The minimum atomic E-state index is -5.99. The summed E-state index contributed by atoms with van der Waals surface area (Å²) in [5.74, 6) is -0.392. The van der Waals surface area contributed by atoms with Gasteiger partial charge in [-0.15, -0.1) is 0 Å². The van der Waals surface area contributed by atoms with Crippen molar-refractivity contribution >= 4 is 103 Å². The SMILES string of the molecule is O=S(=O)(O)c1cc2nc(S(=O)(=O)Oc3ccccc3)[nH]c2c(S(=O)(=O)O)c1S(=O)(=O)O.O=S(=O)([O-])c1c(S(=O)(=O)O)cc2nc(S(=O)(=O)Oc3ccccc3)[nH]c2c1S(=O)(=O)[O-].[Na+].[Na+]. The fourth-order valence-electron chi connectivity index (χ4n) is 4.98. The van der Waals surface area contributed by atoms with Crippen molar-refractivity contribution < 1.29 is 162 Å². The van der Waals surface area contributed by atoms with E-state index in [1.807, 2.05) is 9.97 Å². The van der Waals surface area contributed by atoms with Gasteiger partial charge in [-0.2, -0.15) is 50.5 Å². The third-order valence-corrected chi connectivity index (χ3v) is 15.3. The third-order valence-electron chi connectivity index (χ3n) is 7.21. The van der Waals surface area contributed by atoms with Gasteiger partial charge in [0.05, 0.1) is 31.9 Å². The molecule has 0 fully saturated rings. The van der Waals surface area contributed by atoms with E-state index in [1.165, 1.54) is 54.6 Å². The van der Waals surface area contributed by atoms with Crippen molar-refractivity contribution in [3.63, 3.8) is 0 Å². The number of rotatable bonds is 12. The maximum absolute atomic E-state index is 12.4. The molecular weight excluding hydrogens is 1050 g/mol. The van der Waals surface area contributed by atoms with Crippen LogP contribution in [0, 0.1) is 0 Å². The molecule has 0 spiro atoms. The minimum absolute atomic E-state index is 0. The Bertz CT molecular complexity index is 3500. The average molecular weight is 1070 g/mol. The van der Waals surface area contributed by atoms with Crippen molar-refractivity contribution in [2.45, 2.75) is 39.7 Å². The molecule has 0 radical (unpaired) electrons. The quantitative estimate of drug-likeness (QED) is 0.0377. The largest absolute Gasteiger partial charge is 1.00 e. The fourth-order valence-corrected chi connectivity index (χ4v) is 13.4. The minimum Gasteiger partial charge on any atom is -0.744 e. The monoisotopic (exact) mass is 1070 g/mol. The zero-order valence-electron chi connectivity index (χ0n) is 31.0. The van der Waals surface area contributed by atoms with Crippen molar-refractivity contribution in [3.8, 4) is 11.5 Å². The second kappa shape index (κ2) is 18.8. The van der Waals surface area contributed by atoms with Crippen LogP contribution in [0.25, 0.3) is 22.1 Å². The Hall–Kier alpha value is -3.22. The van der Waals surface area contributed by atoms with Crippen LogP contribution in [0.15, 0.2) is 112 Å². The van der Waals surface area contributed by atoms with Crippen LogP contribution >= 0.6 is 0 Å². The summed E-state index contributed by atoms with van der Waals surface area (Å²) in [5.41, 5.74) is -3.81. The molecule has 4 aromatic carbocycles. The number of nitrogens with zero attached hydrogens (tertiary/aromatic N) is 2. The Labute approximate surface area is 404 Å². The van der Waals surface area contributed by atoms with Gasteiger partial charge in [0.2, 0.25) is 0 Å². The summed E-state index contributed by atoms with van der Waals surface area (Å²) in [6.07, 6.45) is 0. The number of hydrogen-bond acceptors (Lipinski definition) is 22. The summed E-state index contributed by atoms with van der Waals surface area (Å²) in [4.78, 5) is -0.525. The van der Waals surface area contributed by atoms with Gasteiger partial charge in [-0.05, 0) is 36.4 Å². The Balaban J connectivity index is 0.000000330. The standard InChI is InChI=1S/2C13H10N2O12S4.2Na/c2*16-28(17,18)9-6-8-10(12(30(22,23)24)11(9)29(19,20)21)15-13(14-8)31(25,26)27-7-4-2-1-3-5-7;;/h2*1-6H,(H,14,15)(H,16,17,18)(H,19,20,21)(H,22,23,24);;/q;;2*+1/p-2. The van der Waals surface area contributed by atoms with Gasteiger partial charge in [0.25, 0.3) is 50.8 Å². The number of nitrogens with one attached hydrogen (secondary N) is 2. The molecule has 64 heavy (non-hydrogen) atoms. The van der Waals surface area contributed by atoms with E-state index in [-0.39, 0.29) is 82.7 Å². The molecule has 6 aromatic rings. The van der Waals surface area contributed by atoms with Crippen LogP contribution in [0.3, 0.4) is 0 Å². The van der Waals surface area contributed by atoms with Gasteiger partial charge in [0, 0.05) is 0 Å². The number of imidazole rings is 2. The molecule has 0 atom stereocenters. The first-order valence-electron chi connectivity index (χ1n) is 15.0. The Morgan fingerprint density at radius 3 is 1.05 bits per heavy atom. The summed E-state index contributed by atoms with van der Waals surface area (Å²) in [6.45, 7) is 0. The number of aromatic amines is 2. The molecule has 0 saturated carbocycles. The summed E-state index contributed by atoms with van der Waals surface area (Å²) < 4.78 is 259. The third kappa shape index (κ3) is 12.2. The Morgan fingerprint density at radius 2 is 0.750 bits per heavy atom. The van der Waals surface area contributed by atoms with Gasteiger partial charge >= 0.3 is 79.4 Å². The zero-order valence-corrected chi connectivity index (χ0v) is 41.6. The van der Waals surface area contributed by atoms with Gasteiger partial charge < -0.3 is 27.4 Å². The van der Waals surface area contributed by atoms with Gasteiger partial charge in [-0.25, -0.2) is 26.8 Å². The van der Waals surface area contributed by atoms with Crippen molar-refractivity contribution in [3.05, 3.63) is 72.8 Å². The van der Waals surface area contributed by atoms with E-state index in [0.29, 0.717) is 0 Å². The van der Waals surface area contributed by atoms with Crippen molar-refractivity contribution in [1.82, 2.24) is 19.9 Å². The normalized spacial score (nSPS) is 13.0. The van der Waals surface area contributed by atoms with Crippen LogP contribution in [0.1, 0.15) is 0 Å². The molecule has 0 amide bonds. The molecule has 0 unspecified atom stereocenters. The number of benzene rings is 4.